The zero-order valence-corrected chi connectivity index (χ0v) is 17.5. The second kappa shape index (κ2) is 9.07. The fourth-order valence-electron chi connectivity index (χ4n) is 4.11. The Morgan fingerprint density at radius 1 is 1.13 bits per heavy atom. The number of hydrogen-bond donors (Lipinski definition) is 1. The van der Waals surface area contributed by atoms with Gasteiger partial charge in [0, 0.05) is 42.8 Å². The number of nitrogens with zero attached hydrogens (tertiary/aromatic N) is 5. The average molecular weight is 405 g/mol. The van der Waals surface area contributed by atoms with Gasteiger partial charge in [-0.15, -0.1) is 0 Å². The number of benzene rings is 1. The lowest BCUT2D eigenvalue weighted by Gasteiger charge is -2.36. The van der Waals surface area contributed by atoms with Crippen LogP contribution in [0.25, 0.3) is 10.9 Å². The second-order valence-electron chi connectivity index (χ2n) is 7.81. The van der Waals surface area contributed by atoms with Crippen LogP contribution in [0.4, 0.5) is 5.82 Å². The highest BCUT2D eigenvalue weighted by molar-refractivity contribution is 5.87. The third-order valence-corrected chi connectivity index (χ3v) is 5.76. The van der Waals surface area contributed by atoms with Crippen LogP contribution < -0.4 is 4.90 Å². The molecule has 0 radical (unpaired) electrons. The maximum atomic E-state index is 11.6. The molecule has 0 spiro atoms. The molecule has 1 aliphatic heterocycles. The van der Waals surface area contributed by atoms with Crippen LogP contribution in [-0.4, -0.2) is 57.2 Å². The summed E-state index contributed by atoms with van der Waals surface area (Å²) >= 11 is 0. The van der Waals surface area contributed by atoms with Crippen LogP contribution in [0.1, 0.15) is 29.7 Å². The molecule has 1 aliphatic carbocycles. The van der Waals surface area contributed by atoms with E-state index in [4.69, 9.17) is 0 Å². The van der Waals surface area contributed by atoms with E-state index >= 15 is 0 Å². The van der Waals surface area contributed by atoms with Crippen molar-refractivity contribution >= 4 is 22.6 Å². The highest BCUT2D eigenvalue weighted by atomic mass is 16.2. The van der Waals surface area contributed by atoms with Gasteiger partial charge in [-0.25, -0.2) is 9.97 Å². The Bertz CT molecular complexity index is 1040. The summed E-state index contributed by atoms with van der Waals surface area (Å²) in [6.07, 6.45) is 9.51. The molecule has 1 amide bonds. The van der Waals surface area contributed by atoms with Crippen LogP contribution in [0.15, 0.2) is 43.4 Å². The van der Waals surface area contributed by atoms with E-state index in [1.165, 1.54) is 41.1 Å². The van der Waals surface area contributed by atoms with E-state index in [9.17, 15) is 4.79 Å². The Labute approximate surface area is 176 Å². The number of aromatic amines is 1. The van der Waals surface area contributed by atoms with Gasteiger partial charge < -0.3 is 9.80 Å². The number of anilines is 1. The smallest absolute Gasteiger partial charge is 0.246 e. The number of fused-ring (bicyclic) bond motifs is 2. The van der Waals surface area contributed by atoms with Crippen LogP contribution in [0.5, 0.6) is 0 Å². The van der Waals surface area contributed by atoms with Gasteiger partial charge >= 0.3 is 0 Å². The fourth-order valence-corrected chi connectivity index (χ4v) is 4.11. The number of H-pyrrole nitrogens is 1. The number of aromatic nitrogens is 4. The third-order valence-electron chi connectivity index (χ3n) is 5.76. The summed E-state index contributed by atoms with van der Waals surface area (Å²) in [4.78, 5) is 24.7. The molecule has 1 fully saturated rings. The van der Waals surface area contributed by atoms with Gasteiger partial charge in [0.05, 0.1) is 11.7 Å². The van der Waals surface area contributed by atoms with Crippen molar-refractivity contribution in [3.63, 3.8) is 0 Å². The normalized spacial score (nSPS) is 15.9. The van der Waals surface area contributed by atoms with E-state index in [0.717, 1.165) is 50.4 Å². The SMILES string of the molecule is C=CC(=O)N1CCN(c2ncnc3c2CCCC3)CC1.Cc1ccc2[nH]ncc2c1. The van der Waals surface area contributed by atoms with E-state index in [1.54, 1.807) is 6.33 Å². The number of hydrogen-bond acceptors (Lipinski definition) is 5. The van der Waals surface area contributed by atoms with Crippen molar-refractivity contribution in [1.82, 2.24) is 25.1 Å². The molecule has 7 nitrogen and oxygen atoms in total. The Morgan fingerprint density at radius 2 is 1.93 bits per heavy atom. The van der Waals surface area contributed by atoms with Crippen LogP contribution in [0.3, 0.4) is 0 Å². The molecule has 2 aromatic heterocycles. The van der Waals surface area contributed by atoms with Crippen molar-refractivity contribution in [2.75, 3.05) is 31.1 Å². The maximum Gasteiger partial charge on any atom is 0.246 e. The lowest BCUT2D eigenvalue weighted by Crippen LogP contribution is -2.49. The van der Waals surface area contributed by atoms with E-state index in [1.807, 2.05) is 17.2 Å². The second-order valence-corrected chi connectivity index (χ2v) is 7.81. The predicted octanol–water partition coefficient (Wildman–Crippen LogP) is 3.06. The lowest BCUT2D eigenvalue weighted by molar-refractivity contribution is -0.126. The molecule has 0 unspecified atom stereocenters. The maximum absolute atomic E-state index is 11.6. The molecule has 1 aromatic carbocycles. The number of carbonyl (C=O) groups is 1. The molecule has 2 aliphatic rings. The van der Waals surface area contributed by atoms with Gasteiger partial charge in [-0.05, 0) is 50.8 Å². The first-order chi connectivity index (χ1) is 14.7. The van der Waals surface area contributed by atoms with Gasteiger partial charge in [0.2, 0.25) is 5.91 Å². The van der Waals surface area contributed by atoms with Gasteiger partial charge in [-0.1, -0.05) is 18.2 Å². The molecule has 1 N–H and O–H groups in total. The standard InChI is InChI=1S/C15H20N4O.C8H8N2/c1-2-14(20)18-7-9-19(10-8-18)15-12-5-3-4-6-13(12)16-11-17-15;1-6-2-3-8-7(4-6)5-9-10-8/h2,11H,1,3-10H2;2-5H,1H3,(H,9,10). The molecule has 0 bridgehead atoms. The predicted molar refractivity (Wildman–Crippen MR) is 118 cm³/mol. The molecule has 3 heterocycles. The quantitative estimate of drug-likeness (QED) is 0.664. The summed E-state index contributed by atoms with van der Waals surface area (Å²) in [5.41, 5.74) is 4.91. The third kappa shape index (κ3) is 4.35. The molecule has 3 aromatic rings. The molecule has 7 heteroatoms. The molecule has 5 rings (SSSR count). The summed E-state index contributed by atoms with van der Waals surface area (Å²) in [5.74, 6) is 1.11. The minimum Gasteiger partial charge on any atom is -0.353 e. The Balaban J connectivity index is 0.000000181. The highest BCUT2D eigenvalue weighted by Crippen LogP contribution is 2.27. The minimum atomic E-state index is 0.0226. The van der Waals surface area contributed by atoms with Crippen molar-refractivity contribution in [1.29, 1.82) is 0 Å². The van der Waals surface area contributed by atoms with Crippen LogP contribution in [0, 0.1) is 6.92 Å². The summed E-state index contributed by atoms with van der Waals surface area (Å²) in [5, 5.41) is 7.99. The summed E-state index contributed by atoms with van der Waals surface area (Å²) < 4.78 is 0. The topological polar surface area (TPSA) is 78.0 Å². The lowest BCUT2D eigenvalue weighted by atomic mass is 9.96. The van der Waals surface area contributed by atoms with E-state index < -0.39 is 0 Å². The molecule has 0 saturated carbocycles. The van der Waals surface area contributed by atoms with Gasteiger partial charge in [0.15, 0.2) is 0 Å². The first kappa shape index (κ1) is 20.1. The average Bonchev–Trinajstić information content (AvgIpc) is 3.26. The van der Waals surface area contributed by atoms with E-state index in [2.05, 4.69) is 50.7 Å². The largest absolute Gasteiger partial charge is 0.353 e. The Morgan fingerprint density at radius 3 is 2.73 bits per heavy atom. The number of rotatable bonds is 2. The number of piperazine rings is 1. The molecule has 156 valence electrons. The van der Waals surface area contributed by atoms with E-state index in [-0.39, 0.29) is 5.91 Å². The molecule has 30 heavy (non-hydrogen) atoms. The summed E-state index contributed by atoms with van der Waals surface area (Å²) in [7, 11) is 0. The zero-order chi connectivity index (χ0) is 20.9. The number of aryl methyl sites for hydroxylation is 2. The van der Waals surface area contributed by atoms with Crippen molar-refractivity contribution in [3.8, 4) is 0 Å². The highest BCUT2D eigenvalue weighted by Gasteiger charge is 2.24. The van der Waals surface area contributed by atoms with Gasteiger partial charge in [0.25, 0.3) is 0 Å². The first-order valence-corrected chi connectivity index (χ1v) is 10.5. The van der Waals surface area contributed by atoms with Crippen molar-refractivity contribution < 1.29 is 4.79 Å². The Kier molecular flexibility index (Phi) is 6.07. The molecule has 0 atom stereocenters. The molecule has 1 saturated heterocycles. The summed E-state index contributed by atoms with van der Waals surface area (Å²) in [6.45, 7) is 8.77. The van der Waals surface area contributed by atoms with Gasteiger partial charge in [-0.3, -0.25) is 9.89 Å². The number of carbonyl (C=O) groups excluding carboxylic acids is 1. The fraction of sp³-hybridized carbons (Fsp3) is 0.391. The van der Waals surface area contributed by atoms with E-state index in [0.29, 0.717) is 0 Å². The van der Waals surface area contributed by atoms with Crippen molar-refractivity contribution in [3.05, 3.63) is 60.2 Å². The van der Waals surface area contributed by atoms with Crippen molar-refractivity contribution in [2.45, 2.75) is 32.6 Å². The monoisotopic (exact) mass is 404 g/mol. The molecular weight excluding hydrogens is 376 g/mol. The van der Waals surface area contributed by atoms with Crippen LogP contribution in [-0.2, 0) is 17.6 Å². The van der Waals surface area contributed by atoms with Crippen LogP contribution >= 0.6 is 0 Å². The number of nitrogens with one attached hydrogen (secondary N) is 1. The van der Waals surface area contributed by atoms with Crippen molar-refractivity contribution in [2.24, 2.45) is 0 Å². The first-order valence-electron chi connectivity index (χ1n) is 10.5. The number of amides is 1. The molecular formula is C23H28N6O. The van der Waals surface area contributed by atoms with Crippen LogP contribution in [0.2, 0.25) is 0 Å². The summed E-state index contributed by atoms with van der Waals surface area (Å²) in [6, 6.07) is 6.22. The minimum absolute atomic E-state index is 0.0226. The Hall–Kier alpha value is -3.22. The van der Waals surface area contributed by atoms with Gasteiger partial charge in [0.1, 0.15) is 12.1 Å². The zero-order valence-electron chi connectivity index (χ0n) is 17.5. The van der Waals surface area contributed by atoms with Gasteiger partial charge in [-0.2, -0.15) is 5.10 Å².